The number of aliphatic hydroxyl groups is 1. The molecule has 0 spiro atoms. The predicted octanol–water partition coefficient (Wildman–Crippen LogP) is 1.74. The van der Waals surface area contributed by atoms with E-state index in [0.717, 1.165) is 32.5 Å². The summed E-state index contributed by atoms with van der Waals surface area (Å²) in [4.78, 5) is 2.50. The van der Waals surface area contributed by atoms with Gasteiger partial charge in [-0.15, -0.1) is 0 Å². The lowest BCUT2D eigenvalue weighted by Crippen LogP contribution is -2.48. The third-order valence-corrected chi connectivity index (χ3v) is 4.83. The maximum absolute atomic E-state index is 10.5. The van der Waals surface area contributed by atoms with Gasteiger partial charge >= 0.3 is 0 Å². The standard InChI is InChI=1S/C14H28N2O/c1-2-16(11-14(17)8-3-4-9-14)13-7-5-6-12(13)10-15/h12-13,17H,2-11,15H2,1H3. The van der Waals surface area contributed by atoms with Crippen LogP contribution in [0.4, 0.5) is 0 Å². The van der Waals surface area contributed by atoms with Crippen molar-refractivity contribution in [2.24, 2.45) is 11.7 Å². The fraction of sp³-hybridized carbons (Fsp3) is 1.00. The normalized spacial score (nSPS) is 32.5. The van der Waals surface area contributed by atoms with Crippen LogP contribution in [0.5, 0.6) is 0 Å². The van der Waals surface area contributed by atoms with E-state index in [1.807, 2.05) is 0 Å². The molecule has 0 aromatic heterocycles. The molecule has 2 rings (SSSR count). The Morgan fingerprint density at radius 1 is 1.24 bits per heavy atom. The molecule has 0 aromatic rings. The van der Waals surface area contributed by atoms with Crippen molar-refractivity contribution in [2.75, 3.05) is 19.6 Å². The summed E-state index contributed by atoms with van der Waals surface area (Å²) >= 11 is 0. The van der Waals surface area contributed by atoms with Crippen LogP contribution in [0.1, 0.15) is 51.9 Å². The summed E-state index contributed by atoms with van der Waals surface area (Å²) in [5.41, 5.74) is 5.46. The topological polar surface area (TPSA) is 49.5 Å². The highest BCUT2D eigenvalue weighted by atomic mass is 16.3. The van der Waals surface area contributed by atoms with Gasteiger partial charge in [0, 0.05) is 12.6 Å². The van der Waals surface area contributed by atoms with Gasteiger partial charge in [-0.05, 0) is 44.7 Å². The molecular formula is C14H28N2O. The molecule has 2 aliphatic rings. The molecule has 0 aliphatic heterocycles. The number of nitrogens with zero attached hydrogens (tertiary/aromatic N) is 1. The van der Waals surface area contributed by atoms with Crippen molar-refractivity contribution in [3.05, 3.63) is 0 Å². The maximum atomic E-state index is 10.5. The van der Waals surface area contributed by atoms with Crippen LogP contribution in [0, 0.1) is 5.92 Å². The molecule has 2 unspecified atom stereocenters. The largest absolute Gasteiger partial charge is 0.389 e. The third kappa shape index (κ3) is 3.01. The quantitative estimate of drug-likeness (QED) is 0.769. The van der Waals surface area contributed by atoms with Crippen molar-refractivity contribution in [1.82, 2.24) is 4.90 Å². The molecule has 2 aliphatic carbocycles. The molecular weight excluding hydrogens is 212 g/mol. The zero-order valence-electron chi connectivity index (χ0n) is 11.2. The molecule has 3 heteroatoms. The highest BCUT2D eigenvalue weighted by molar-refractivity contribution is 4.92. The van der Waals surface area contributed by atoms with Gasteiger partial charge in [0.1, 0.15) is 0 Å². The van der Waals surface area contributed by atoms with E-state index in [9.17, 15) is 5.11 Å². The molecule has 3 nitrogen and oxygen atoms in total. The fourth-order valence-corrected chi connectivity index (χ4v) is 3.81. The van der Waals surface area contributed by atoms with Crippen LogP contribution >= 0.6 is 0 Å². The molecule has 0 bridgehead atoms. The zero-order valence-corrected chi connectivity index (χ0v) is 11.2. The molecule has 100 valence electrons. The summed E-state index contributed by atoms with van der Waals surface area (Å²) < 4.78 is 0. The van der Waals surface area contributed by atoms with Crippen molar-refractivity contribution < 1.29 is 5.11 Å². The first-order valence-electron chi connectivity index (χ1n) is 7.35. The molecule has 0 aromatic carbocycles. The van der Waals surface area contributed by atoms with Crippen LogP contribution in [0.3, 0.4) is 0 Å². The van der Waals surface area contributed by atoms with Gasteiger partial charge in [-0.3, -0.25) is 4.90 Å². The van der Waals surface area contributed by atoms with E-state index in [0.29, 0.717) is 12.0 Å². The van der Waals surface area contributed by atoms with E-state index < -0.39 is 5.60 Å². The van der Waals surface area contributed by atoms with E-state index >= 15 is 0 Å². The Bertz CT molecular complexity index is 238. The Morgan fingerprint density at radius 2 is 1.94 bits per heavy atom. The van der Waals surface area contributed by atoms with E-state index in [4.69, 9.17) is 5.73 Å². The second-order valence-electron chi connectivity index (χ2n) is 5.99. The first kappa shape index (κ1) is 13.3. The molecule has 2 fully saturated rings. The summed E-state index contributed by atoms with van der Waals surface area (Å²) in [6, 6.07) is 0.620. The minimum atomic E-state index is -0.405. The van der Waals surface area contributed by atoms with E-state index in [-0.39, 0.29) is 0 Å². The predicted molar refractivity (Wildman–Crippen MR) is 70.8 cm³/mol. The Labute approximate surface area is 105 Å². The molecule has 2 saturated carbocycles. The summed E-state index contributed by atoms with van der Waals surface area (Å²) in [6.45, 7) is 4.93. The van der Waals surface area contributed by atoms with Crippen molar-refractivity contribution in [3.63, 3.8) is 0 Å². The number of nitrogens with two attached hydrogens (primary N) is 1. The van der Waals surface area contributed by atoms with Gasteiger partial charge in [-0.2, -0.15) is 0 Å². The van der Waals surface area contributed by atoms with E-state index in [2.05, 4.69) is 11.8 Å². The van der Waals surface area contributed by atoms with Crippen LogP contribution in [-0.4, -0.2) is 41.3 Å². The van der Waals surface area contributed by atoms with Gasteiger partial charge in [0.15, 0.2) is 0 Å². The van der Waals surface area contributed by atoms with Gasteiger partial charge < -0.3 is 10.8 Å². The van der Waals surface area contributed by atoms with Crippen LogP contribution in [0.2, 0.25) is 0 Å². The lowest BCUT2D eigenvalue weighted by atomic mass is 9.97. The highest BCUT2D eigenvalue weighted by Crippen LogP contribution is 2.34. The molecule has 17 heavy (non-hydrogen) atoms. The SMILES string of the molecule is CCN(CC1(O)CCCC1)C1CCCC1CN. The first-order chi connectivity index (χ1) is 8.18. The van der Waals surface area contributed by atoms with Gasteiger partial charge in [-0.1, -0.05) is 26.2 Å². The fourth-order valence-electron chi connectivity index (χ4n) is 3.81. The van der Waals surface area contributed by atoms with Crippen LogP contribution < -0.4 is 5.73 Å². The second kappa shape index (κ2) is 5.68. The maximum Gasteiger partial charge on any atom is 0.0774 e. The number of hydrogen-bond donors (Lipinski definition) is 2. The minimum Gasteiger partial charge on any atom is -0.389 e. The van der Waals surface area contributed by atoms with Crippen molar-refractivity contribution in [3.8, 4) is 0 Å². The second-order valence-corrected chi connectivity index (χ2v) is 5.99. The Kier molecular flexibility index (Phi) is 4.45. The number of likely N-dealkylation sites (N-methyl/N-ethyl adjacent to an activating group) is 1. The molecule has 0 saturated heterocycles. The van der Waals surface area contributed by atoms with Crippen LogP contribution in [0.15, 0.2) is 0 Å². The van der Waals surface area contributed by atoms with Crippen molar-refractivity contribution in [2.45, 2.75) is 63.5 Å². The zero-order chi connectivity index (χ0) is 12.3. The van der Waals surface area contributed by atoms with Gasteiger partial charge in [0.2, 0.25) is 0 Å². The van der Waals surface area contributed by atoms with E-state index in [1.54, 1.807) is 0 Å². The average Bonchev–Trinajstić information content (AvgIpc) is 2.95. The van der Waals surface area contributed by atoms with Crippen molar-refractivity contribution in [1.29, 1.82) is 0 Å². The van der Waals surface area contributed by atoms with Gasteiger partial charge in [0.05, 0.1) is 5.60 Å². The minimum absolute atomic E-state index is 0.405. The number of rotatable bonds is 5. The summed E-state index contributed by atoms with van der Waals surface area (Å²) in [6.07, 6.45) is 8.22. The number of hydrogen-bond acceptors (Lipinski definition) is 3. The molecule has 0 heterocycles. The summed E-state index contributed by atoms with van der Waals surface area (Å²) in [7, 11) is 0. The van der Waals surface area contributed by atoms with Gasteiger partial charge in [0.25, 0.3) is 0 Å². The first-order valence-corrected chi connectivity index (χ1v) is 7.35. The monoisotopic (exact) mass is 240 g/mol. The van der Waals surface area contributed by atoms with E-state index in [1.165, 1.54) is 32.1 Å². The Morgan fingerprint density at radius 3 is 2.53 bits per heavy atom. The van der Waals surface area contributed by atoms with Crippen LogP contribution in [-0.2, 0) is 0 Å². The molecule has 0 radical (unpaired) electrons. The summed E-state index contributed by atoms with van der Waals surface area (Å²) in [5.74, 6) is 0.653. The van der Waals surface area contributed by atoms with Gasteiger partial charge in [-0.25, -0.2) is 0 Å². The average molecular weight is 240 g/mol. The Balaban J connectivity index is 1.95. The van der Waals surface area contributed by atoms with Crippen molar-refractivity contribution >= 4 is 0 Å². The smallest absolute Gasteiger partial charge is 0.0774 e. The molecule has 2 atom stereocenters. The summed E-state index contributed by atoms with van der Waals surface area (Å²) in [5, 5.41) is 10.5. The lowest BCUT2D eigenvalue weighted by Gasteiger charge is -2.37. The lowest BCUT2D eigenvalue weighted by molar-refractivity contribution is -0.00670. The highest BCUT2D eigenvalue weighted by Gasteiger charge is 2.37. The molecule has 0 amide bonds. The third-order valence-electron chi connectivity index (χ3n) is 4.83. The van der Waals surface area contributed by atoms with Crippen LogP contribution in [0.25, 0.3) is 0 Å². The Hall–Kier alpha value is -0.120. The molecule has 3 N–H and O–H groups in total.